The molecule has 0 unspecified atom stereocenters. The number of rotatable bonds is 4. The summed E-state index contributed by atoms with van der Waals surface area (Å²) in [6, 6.07) is 8.35. The molecule has 3 rings (SSSR count). The van der Waals surface area contributed by atoms with Gasteiger partial charge in [0.25, 0.3) is 0 Å². The summed E-state index contributed by atoms with van der Waals surface area (Å²) in [7, 11) is 0. The van der Waals surface area contributed by atoms with Gasteiger partial charge >= 0.3 is 0 Å². The number of carbonyl (C=O) groups is 1. The summed E-state index contributed by atoms with van der Waals surface area (Å²) in [6.45, 7) is 3.07. The first-order valence-corrected chi connectivity index (χ1v) is 8.90. The van der Waals surface area contributed by atoms with Gasteiger partial charge in [-0.2, -0.15) is 0 Å². The third-order valence-electron chi connectivity index (χ3n) is 4.26. The van der Waals surface area contributed by atoms with Crippen molar-refractivity contribution in [3.05, 3.63) is 30.6 Å². The van der Waals surface area contributed by atoms with Crippen molar-refractivity contribution >= 4 is 28.6 Å². The van der Waals surface area contributed by atoms with Crippen LogP contribution in [0.3, 0.4) is 0 Å². The Labute approximate surface area is 135 Å². The minimum absolute atomic E-state index is 0.235. The smallest absolute Gasteiger partial charge is 0.233 e. The van der Waals surface area contributed by atoms with Crippen molar-refractivity contribution in [1.82, 2.24) is 14.9 Å². The molecule has 22 heavy (non-hydrogen) atoms. The number of benzene rings is 1. The highest BCUT2D eigenvalue weighted by Crippen LogP contribution is 2.26. The molecule has 0 radical (unpaired) electrons. The number of piperidine rings is 1. The lowest BCUT2D eigenvalue weighted by Gasteiger charge is -2.35. The summed E-state index contributed by atoms with van der Waals surface area (Å²) >= 11 is 1.52. The van der Waals surface area contributed by atoms with E-state index in [2.05, 4.69) is 21.8 Å². The van der Waals surface area contributed by atoms with Crippen molar-refractivity contribution in [3.63, 3.8) is 0 Å². The minimum Gasteiger partial charge on any atom is -0.339 e. The van der Waals surface area contributed by atoms with Crippen molar-refractivity contribution in [2.75, 3.05) is 12.3 Å². The topological polar surface area (TPSA) is 46.1 Å². The lowest BCUT2D eigenvalue weighted by molar-refractivity contribution is -0.132. The molecule has 0 N–H and O–H groups in total. The zero-order chi connectivity index (χ0) is 15.4. The van der Waals surface area contributed by atoms with E-state index in [0.29, 0.717) is 11.8 Å². The largest absolute Gasteiger partial charge is 0.339 e. The molecule has 116 valence electrons. The second-order valence-corrected chi connectivity index (χ2v) is 6.59. The lowest BCUT2D eigenvalue weighted by atomic mass is 10.0. The Morgan fingerprint density at radius 2 is 2.18 bits per heavy atom. The van der Waals surface area contributed by atoms with E-state index >= 15 is 0 Å². The molecule has 1 saturated heterocycles. The fraction of sp³-hybridized carbons (Fsp3) is 0.471. The number of nitrogens with zero attached hydrogens (tertiary/aromatic N) is 3. The van der Waals surface area contributed by atoms with Gasteiger partial charge in [-0.25, -0.2) is 9.97 Å². The van der Waals surface area contributed by atoms with E-state index in [1.807, 2.05) is 24.3 Å². The van der Waals surface area contributed by atoms with E-state index in [4.69, 9.17) is 0 Å². The lowest BCUT2D eigenvalue weighted by Crippen LogP contribution is -2.44. The summed E-state index contributed by atoms with van der Waals surface area (Å²) in [5, 5.41) is 1.91. The maximum Gasteiger partial charge on any atom is 0.233 e. The summed E-state index contributed by atoms with van der Waals surface area (Å²) in [6.07, 6.45) is 6.14. The second-order valence-electron chi connectivity index (χ2n) is 5.63. The Morgan fingerprint density at radius 1 is 1.32 bits per heavy atom. The van der Waals surface area contributed by atoms with Crippen LogP contribution in [-0.2, 0) is 4.79 Å². The van der Waals surface area contributed by atoms with Crippen LogP contribution < -0.4 is 0 Å². The molecule has 5 heteroatoms. The van der Waals surface area contributed by atoms with Gasteiger partial charge in [-0.15, -0.1) is 0 Å². The highest BCUT2D eigenvalue weighted by molar-refractivity contribution is 8.00. The molecule has 2 aromatic rings. The van der Waals surface area contributed by atoms with Crippen molar-refractivity contribution in [1.29, 1.82) is 0 Å². The van der Waals surface area contributed by atoms with E-state index in [0.717, 1.165) is 41.7 Å². The molecule has 2 heterocycles. The van der Waals surface area contributed by atoms with Crippen LogP contribution in [0.4, 0.5) is 0 Å². The Hall–Kier alpha value is -1.62. The van der Waals surface area contributed by atoms with Crippen LogP contribution in [-0.4, -0.2) is 39.1 Å². The van der Waals surface area contributed by atoms with Crippen molar-refractivity contribution in [2.24, 2.45) is 0 Å². The molecule has 1 aromatic heterocycles. The number of hydrogen-bond donors (Lipinski definition) is 0. The third kappa shape index (κ3) is 3.24. The number of thioether (sulfide) groups is 1. The number of likely N-dealkylation sites (tertiary alicyclic amines) is 1. The minimum atomic E-state index is 0.235. The van der Waals surface area contributed by atoms with Gasteiger partial charge in [0.05, 0.1) is 11.3 Å². The standard InChI is InChI=1S/C17H21N3OS/c1-2-13-7-5-6-10-20(13)16(21)11-22-17-14-8-3-4-9-15(14)18-12-19-17/h3-4,8-9,12-13H,2,5-7,10-11H2,1H3/t13-/m0/s1. The number of carbonyl (C=O) groups excluding carboxylic acids is 1. The molecule has 0 aliphatic carbocycles. The zero-order valence-electron chi connectivity index (χ0n) is 12.9. The normalized spacial score (nSPS) is 18.6. The molecule has 4 nitrogen and oxygen atoms in total. The van der Waals surface area contributed by atoms with Gasteiger partial charge in [-0.3, -0.25) is 4.79 Å². The van der Waals surface area contributed by atoms with Gasteiger partial charge in [0, 0.05) is 18.0 Å². The summed E-state index contributed by atoms with van der Waals surface area (Å²) in [4.78, 5) is 23.2. The van der Waals surface area contributed by atoms with Gasteiger partial charge in [0.15, 0.2) is 0 Å². The van der Waals surface area contributed by atoms with Crippen LogP contribution in [0.1, 0.15) is 32.6 Å². The highest BCUT2D eigenvalue weighted by atomic mass is 32.2. The molecule has 1 atom stereocenters. The van der Waals surface area contributed by atoms with E-state index in [1.165, 1.54) is 18.2 Å². The van der Waals surface area contributed by atoms with E-state index < -0.39 is 0 Å². The molecular formula is C17H21N3OS. The Balaban J connectivity index is 1.69. The van der Waals surface area contributed by atoms with E-state index in [9.17, 15) is 4.79 Å². The molecular weight excluding hydrogens is 294 g/mol. The average Bonchev–Trinajstić information content (AvgIpc) is 2.59. The molecule has 1 aliphatic rings. The van der Waals surface area contributed by atoms with Crippen LogP contribution >= 0.6 is 11.8 Å². The molecule has 1 amide bonds. The summed E-state index contributed by atoms with van der Waals surface area (Å²) in [5.74, 6) is 0.691. The molecule has 1 aromatic carbocycles. The van der Waals surface area contributed by atoms with Crippen LogP contribution in [0.2, 0.25) is 0 Å². The zero-order valence-corrected chi connectivity index (χ0v) is 13.7. The first-order chi connectivity index (χ1) is 10.8. The van der Waals surface area contributed by atoms with Gasteiger partial charge in [0.2, 0.25) is 5.91 Å². The van der Waals surface area contributed by atoms with Gasteiger partial charge in [-0.05, 0) is 31.7 Å². The Bertz CT molecular complexity index is 656. The number of aromatic nitrogens is 2. The maximum atomic E-state index is 12.5. The van der Waals surface area contributed by atoms with Crippen LogP contribution in [0.5, 0.6) is 0 Å². The quantitative estimate of drug-likeness (QED) is 0.640. The predicted octanol–water partition coefficient (Wildman–Crippen LogP) is 3.51. The summed E-state index contributed by atoms with van der Waals surface area (Å²) in [5.41, 5.74) is 0.928. The Kier molecular flexibility index (Phi) is 4.93. The van der Waals surface area contributed by atoms with Gasteiger partial charge in [-0.1, -0.05) is 36.9 Å². The van der Waals surface area contributed by atoms with Crippen LogP contribution in [0.25, 0.3) is 10.9 Å². The van der Waals surface area contributed by atoms with Crippen LogP contribution in [0.15, 0.2) is 35.6 Å². The van der Waals surface area contributed by atoms with Crippen molar-refractivity contribution in [2.45, 2.75) is 43.7 Å². The Morgan fingerprint density at radius 3 is 3.05 bits per heavy atom. The van der Waals surface area contributed by atoms with Crippen molar-refractivity contribution < 1.29 is 4.79 Å². The van der Waals surface area contributed by atoms with Gasteiger partial charge < -0.3 is 4.90 Å². The molecule has 1 fully saturated rings. The first-order valence-electron chi connectivity index (χ1n) is 7.91. The number of para-hydroxylation sites is 1. The monoisotopic (exact) mass is 315 g/mol. The van der Waals surface area contributed by atoms with E-state index in [-0.39, 0.29) is 5.91 Å². The molecule has 0 spiro atoms. The number of fused-ring (bicyclic) bond motifs is 1. The fourth-order valence-electron chi connectivity index (χ4n) is 3.06. The van der Waals surface area contributed by atoms with E-state index in [1.54, 1.807) is 6.33 Å². The maximum absolute atomic E-state index is 12.5. The number of hydrogen-bond acceptors (Lipinski definition) is 4. The SMILES string of the molecule is CC[C@H]1CCCCN1C(=O)CSc1ncnc2ccccc12. The second kappa shape index (κ2) is 7.09. The fourth-order valence-corrected chi connectivity index (χ4v) is 3.94. The molecule has 0 bridgehead atoms. The predicted molar refractivity (Wildman–Crippen MR) is 89.9 cm³/mol. The van der Waals surface area contributed by atoms with Crippen molar-refractivity contribution in [3.8, 4) is 0 Å². The average molecular weight is 315 g/mol. The molecule has 1 aliphatic heterocycles. The van der Waals surface area contributed by atoms with Gasteiger partial charge in [0.1, 0.15) is 11.4 Å². The molecule has 0 saturated carbocycles. The first kappa shape index (κ1) is 15.3. The highest BCUT2D eigenvalue weighted by Gasteiger charge is 2.25. The number of amides is 1. The van der Waals surface area contributed by atoms with Crippen LogP contribution in [0, 0.1) is 0 Å². The summed E-state index contributed by atoms with van der Waals surface area (Å²) < 4.78 is 0. The third-order valence-corrected chi connectivity index (χ3v) is 5.25.